The van der Waals surface area contributed by atoms with Crippen LogP contribution in [0.5, 0.6) is 0 Å². The summed E-state index contributed by atoms with van der Waals surface area (Å²) >= 11 is 0. The molecule has 102 valence electrons. The maximum absolute atomic E-state index is 11.6. The third-order valence-corrected chi connectivity index (χ3v) is 4.79. The van der Waals surface area contributed by atoms with Crippen molar-refractivity contribution in [3.63, 3.8) is 0 Å². The van der Waals surface area contributed by atoms with Gasteiger partial charge in [0.2, 0.25) is 0 Å². The first-order valence-corrected chi connectivity index (χ1v) is 7.26. The minimum atomic E-state index is -0.0189. The minimum absolute atomic E-state index is 0.0189. The Balaban J connectivity index is 1.73. The van der Waals surface area contributed by atoms with Gasteiger partial charge in [-0.3, -0.25) is 4.79 Å². The molecule has 0 spiro atoms. The van der Waals surface area contributed by atoms with Gasteiger partial charge in [-0.2, -0.15) is 0 Å². The Bertz CT molecular complexity index is 498. The molecule has 2 saturated carbocycles. The maximum atomic E-state index is 11.6. The number of carbonyl (C=O) groups excluding carboxylic acids is 1. The monoisotopic (exact) mass is 258 g/mol. The number of anilines is 1. The highest BCUT2D eigenvalue weighted by Crippen LogP contribution is 2.45. The van der Waals surface area contributed by atoms with Crippen LogP contribution in [0.3, 0.4) is 0 Å². The molecule has 3 heteroatoms. The van der Waals surface area contributed by atoms with Crippen molar-refractivity contribution in [1.29, 1.82) is 0 Å². The molecule has 3 unspecified atom stereocenters. The Kier molecular flexibility index (Phi) is 3.21. The average Bonchev–Trinajstić information content (AvgIpc) is 3.02. The van der Waals surface area contributed by atoms with Gasteiger partial charge < -0.3 is 10.6 Å². The predicted octanol–water partition coefficient (Wildman–Crippen LogP) is 2.96. The van der Waals surface area contributed by atoms with Crippen molar-refractivity contribution in [2.45, 2.75) is 38.6 Å². The zero-order valence-corrected chi connectivity index (χ0v) is 11.7. The van der Waals surface area contributed by atoms with Crippen molar-refractivity contribution >= 4 is 11.6 Å². The van der Waals surface area contributed by atoms with Crippen LogP contribution >= 0.6 is 0 Å². The third kappa shape index (κ3) is 2.34. The van der Waals surface area contributed by atoms with E-state index in [1.165, 1.54) is 31.4 Å². The molecular weight excluding hydrogens is 236 g/mol. The number of hydrogen-bond acceptors (Lipinski definition) is 2. The number of hydrogen-bond donors (Lipinski definition) is 2. The average molecular weight is 258 g/mol. The molecule has 1 aromatic carbocycles. The molecule has 1 amide bonds. The lowest BCUT2D eigenvalue weighted by atomic mass is 9.95. The largest absolute Gasteiger partial charge is 0.382 e. The number of benzene rings is 1. The van der Waals surface area contributed by atoms with E-state index in [-0.39, 0.29) is 5.91 Å². The second kappa shape index (κ2) is 4.87. The fraction of sp³-hybridized carbons (Fsp3) is 0.562. The first kappa shape index (κ1) is 12.5. The second-order valence-corrected chi connectivity index (χ2v) is 6.03. The first-order valence-electron chi connectivity index (χ1n) is 7.26. The Morgan fingerprint density at radius 3 is 2.68 bits per heavy atom. The molecule has 0 aliphatic heterocycles. The van der Waals surface area contributed by atoms with Crippen molar-refractivity contribution in [2.75, 3.05) is 12.4 Å². The summed E-state index contributed by atoms with van der Waals surface area (Å²) in [5.41, 5.74) is 3.08. The van der Waals surface area contributed by atoms with Crippen LogP contribution in [0.2, 0.25) is 0 Å². The molecule has 0 saturated heterocycles. The molecule has 2 fully saturated rings. The van der Waals surface area contributed by atoms with Crippen LogP contribution in [0.4, 0.5) is 5.69 Å². The molecule has 19 heavy (non-hydrogen) atoms. The second-order valence-electron chi connectivity index (χ2n) is 6.03. The number of rotatable bonds is 3. The smallest absolute Gasteiger partial charge is 0.251 e. The zero-order valence-electron chi connectivity index (χ0n) is 11.7. The van der Waals surface area contributed by atoms with Gasteiger partial charge >= 0.3 is 0 Å². The van der Waals surface area contributed by atoms with E-state index in [2.05, 4.69) is 17.6 Å². The Morgan fingerprint density at radius 1 is 1.26 bits per heavy atom. The van der Waals surface area contributed by atoms with Gasteiger partial charge in [-0.1, -0.05) is 6.42 Å². The van der Waals surface area contributed by atoms with Gasteiger partial charge in [0, 0.05) is 24.3 Å². The summed E-state index contributed by atoms with van der Waals surface area (Å²) in [6.45, 7) is 2.07. The molecule has 0 aromatic heterocycles. The molecule has 2 bridgehead atoms. The van der Waals surface area contributed by atoms with E-state index < -0.39 is 0 Å². The van der Waals surface area contributed by atoms with Gasteiger partial charge in [-0.25, -0.2) is 0 Å². The van der Waals surface area contributed by atoms with E-state index in [4.69, 9.17) is 0 Å². The molecule has 2 aliphatic rings. The van der Waals surface area contributed by atoms with Gasteiger partial charge in [0.1, 0.15) is 0 Å². The fourth-order valence-corrected chi connectivity index (χ4v) is 3.73. The van der Waals surface area contributed by atoms with Crippen LogP contribution in [0.25, 0.3) is 0 Å². The number of carbonyl (C=O) groups is 1. The van der Waals surface area contributed by atoms with Gasteiger partial charge in [0.15, 0.2) is 0 Å². The quantitative estimate of drug-likeness (QED) is 0.875. The molecule has 0 radical (unpaired) electrons. The normalized spacial score (nSPS) is 28.4. The zero-order chi connectivity index (χ0) is 13.4. The van der Waals surface area contributed by atoms with Crippen LogP contribution < -0.4 is 10.6 Å². The molecule has 1 aromatic rings. The number of amides is 1. The van der Waals surface area contributed by atoms with Crippen LogP contribution in [-0.4, -0.2) is 19.0 Å². The molecular formula is C16H22N2O. The third-order valence-electron chi connectivity index (χ3n) is 4.79. The summed E-state index contributed by atoms with van der Waals surface area (Å²) < 4.78 is 0. The fourth-order valence-electron chi connectivity index (χ4n) is 3.73. The summed E-state index contributed by atoms with van der Waals surface area (Å²) in [6, 6.07) is 6.56. The first-order chi connectivity index (χ1) is 9.17. The van der Waals surface area contributed by atoms with Crippen molar-refractivity contribution < 1.29 is 4.79 Å². The van der Waals surface area contributed by atoms with E-state index in [1.807, 2.05) is 18.2 Å². The molecule has 3 nitrogen and oxygen atoms in total. The van der Waals surface area contributed by atoms with Gasteiger partial charge in [0.05, 0.1) is 0 Å². The Morgan fingerprint density at radius 2 is 2.11 bits per heavy atom. The van der Waals surface area contributed by atoms with Crippen LogP contribution in [0.15, 0.2) is 18.2 Å². The van der Waals surface area contributed by atoms with E-state index in [0.29, 0.717) is 6.04 Å². The molecule has 0 heterocycles. The lowest BCUT2D eigenvalue weighted by molar-refractivity contribution is 0.0963. The highest BCUT2D eigenvalue weighted by atomic mass is 16.1. The topological polar surface area (TPSA) is 41.1 Å². The summed E-state index contributed by atoms with van der Waals surface area (Å²) in [6.07, 6.45) is 5.55. The van der Waals surface area contributed by atoms with Crippen molar-refractivity contribution in [3.05, 3.63) is 29.3 Å². The van der Waals surface area contributed by atoms with Crippen LogP contribution in [0, 0.1) is 18.8 Å². The lowest BCUT2D eigenvalue weighted by Crippen LogP contribution is -2.26. The van der Waals surface area contributed by atoms with Crippen LogP contribution in [-0.2, 0) is 0 Å². The number of fused-ring (bicyclic) bond motifs is 2. The molecule has 2 N–H and O–H groups in total. The summed E-state index contributed by atoms with van der Waals surface area (Å²) in [4.78, 5) is 11.6. The highest BCUT2D eigenvalue weighted by molar-refractivity contribution is 5.94. The minimum Gasteiger partial charge on any atom is -0.382 e. The maximum Gasteiger partial charge on any atom is 0.251 e. The summed E-state index contributed by atoms with van der Waals surface area (Å²) in [5.74, 6) is 1.80. The predicted molar refractivity (Wildman–Crippen MR) is 77.4 cm³/mol. The SMILES string of the molecule is CNC(=O)c1ccc(NC2CC3CCC2C3)c(C)c1. The van der Waals surface area contributed by atoms with E-state index in [1.54, 1.807) is 7.05 Å². The number of aryl methyl sites for hydroxylation is 1. The molecule has 2 aliphatic carbocycles. The lowest BCUT2D eigenvalue weighted by Gasteiger charge is -2.25. The van der Waals surface area contributed by atoms with E-state index >= 15 is 0 Å². The van der Waals surface area contributed by atoms with E-state index in [0.717, 1.165) is 23.0 Å². The summed E-state index contributed by atoms with van der Waals surface area (Å²) in [7, 11) is 1.67. The summed E-state index contributed by atoms with van der Waals surface area (Å²) in [5, 5.41) is 6.36. The van der Waals surface area contributed by atoms with Crippen molar-refractivity contribution in [2.24, 2.45) is 11.8 Å². The van der Waals surface area contributed by atoms with Crippen molar-refractivity contribution in [3.8, 4) is 0 Å². The van der Waals surface area contributed by atoms with Gasteiger partial charge in [-0.15, -0.1) is 0 Å². The molecule has 3 atom stereocenters. The van der Waals surface area contributed by atoms with Crippen molar-refractivity contribution in [1.82, 2.24) is 5.32 Å². The number of nitrogens with one attached hydrogen (secondary N) is 2. The highest BCUT2D eigenvalue weighted by Gasteiger charge is 2.39. The molecule has 3 rings (SSSR count). The Hall–Kier alpha value is -1.51. The van der Waals surface area contributed by atoms with E-state index in [9.17, 15) is 4.79 Å². The van der Waals surface area contributed by atoms with Gasteiger partial charge in [-0.05, 0) is 61.8 Å². The van der Waals surface area contributed by atoms with Gasteiger partial charge in [0.25, 0.3) is 5.91 Å². The van der Waals surface area contributed by atoms with Crippen LogP contribution in [0.1, 0.15) is 41.6 Å². The Labute approximate surface area is 114 Å². The standard InChI is InChI=1S/C16H22N2O/c1-10-7-13(16(19)17-2)5-6-14(10)18-15-9-11-3-4-12(15)8-11/h5-7,11-12,15,18H,3-4,8-9H2,1-2H3,(H,17,19).